The molecule has 0 amide bonds. The third-order valence-electron chi connectivity index (χ3n) is 2.67. The summed E-state index contributed by atoms with van der Waals surface area (Å²) in [6, 6.07) is 5.76. The van der Waals surface area contributed by atoms with E-state index in [0.717, 1.165) is 11.1 Å². The summed E-state index contributed by atoms with van der Waals surface area (Å²) < 4.78 is 5.59. The van der Waals surface area contributed by atoms with Crippen LogP contribution in [0, 0.1) is 6.92 Å². The molecule has 1 unspecified atom stereocenters. The van der Waals surface area contributed by atoms with Crippen LogP contribution in [0.2, 0.25) is 5.02 Å². The van der Waals surface area contributed by atoms with Crippen molar-refractivity contribution >= 4 is 11.6 Å². The van der Waals surface area contributed by atoms with Crippen LogP contribution in [0.15, 0.2) is 22.6 Å². The van der Waals surface area contributed by atoms with E-state index in [9.17, 15) is 0 Å². The number of aryl methyl sites for hydroxylation is 1. The lowest BCUT2D eigenvalue weighted by molar-refractivity contribution is 0.441. The number of halogens is 1. The predicted octanol–water partition coefficient (Wildman–Crippen LogP) is 2.98. The first-order valence-corrected chi connectivity index (χ1v) is 5.77. The molecular weight excluding hydrogens is 238 g/mol. The van der Waals surface area contributed by atoms with Crippen LogP contribution in [0.25, 0.3) is 11.5 Å². The molecule has 2 rings (SSSR count). The summed E-state index contributed by atoms with van der Waals surface area (Å²) in [5.74, 6) is 1.01. The Balaban J connectivity index is 2.40. The average Bonchev–Trinajstić information content (AvgIpc) is 2.81. The van der Waals surface area contributed by atoms with Gasteiger partial charge in [-0.15, -0.1) is 10.2 Å². The first-order chi connectivity index (χ1) is 8.13. The van der Waals surface area contributed by atoms with Crippen LogP contribution in [0.4, 0.5) is 0 Å². The van der Waals surface area contributed by atoms with Gasteiger partial charge in [0.15, 0.2) is 0 Å². The Labute approximate surface area is 105 Å². The van der Waals surface area contributed by atoms with E-state index in [2.05, 4.69) is 15.5 Å². The van der Waals surface area contributed by atoms with Gasteiger partial charge in [0.25, 0.3) is 0 Å². The van der Waals surface area contributed by atoms with Crippen LogP contribution in [0.5, 0.6) is 0 Å². The molecule has 0 spiro atoms. The molecule has 4 nitrogen and oxygen atoms in total. The van der Waals surface area contributed by atoms with E-state index < -0.39 is 0 Å². The molecule has 0 saturated carbocycles. The fourth-order valence-electron chi connectivity index (χ4n) is 1.45. The van der Waals surface area contributed by atoms with Gasteiger partial charge >= 0.3 is 0 Å². The number of benzene rings is 1. The lowest BCUT2D eigenvalue weighted by atomic mass is 10.1. The minimum absolute atomic E-state index is 0.0276. The molecule has 1 aromatic heterocycles. The van der Waals surface area contributed by atoms with Gasteiger partial charge in [0.05, 0.1) is 16.6 Å². The molecule has 1 N–H and O–H groups in total. The zero-order chi connectivity index (χ0) is 12.4. The molecule has 0 aliphatic heterocycles. The summed E-state index contributed by atoms with van der Waals surface area (Å²) >= 11 is 6.21. The van der Waals surface area contributed by atoms with Crippen LogP contribution in [0.3, 0.4) is 0 Å². The average molecular weight is 252 g/mol. The second-order valence-corrected chi connectivity index (χ2v) is 4.27. The molecular formula is C12H14ClN3O. The summed E-state index contributed by atoms with van der Waals surface area (Å²) in [6.45, 7) is 3.90. The van der Waals surface area contributed by atoms with Gasteiger partial charge < -0.3 is 9.73 Å². The third-order valence-corrected chi connectivity index (χ3v) is 3.17. The molecule has 0 aliphatic carbocycles. The highest BCUT2D eigenvalue weighted by Gasteiger charge is 2.15. The second kappa shape index (κ2) is 4.85. The van der Waals surface area contributed by atoms with Gasteiger partial charge in [-0.3, -0.25) is 0 Å². The van der Waals surface area contributed by atoms with Gasteiger partial charge in [-0.25, -0.2) is 0 Å². The standard InChI is InChI=1S/C12H14ClN3O/c1-7-5-4-6-9(10(7)13)12-16-15-11(17-12)8(2)14-3/h4-6,8,14H,1-3H3. The van der Waals surface area contributed by atoms with E-state index in [1.807, 2.05) is 39.1 Å². The quantitative estimate of drug-likeness (QED) is 0.911. The molecule has 0 fully saturated rings. The Morgan fingerprint density at radius 2 is 2.12 bits per heavy atom. The van der Waals surface area contributed by atoms with Gasteiger partial charge in [0.1, 0.15) is 0 Å². The summed E-state index contributed by atoms with van der Waals surface area (Å²) in [6.07, 6.45) is 0. The molecule has 2 aromatic rings. The van der Waals surface area contributed by atoms with Crippen molar-refractivity contribution in [3.05, 3.63) is 34.7 Å². The van der Waals surface area contributed by atoms with Gasteiger partial charge in [-0.05, 0) is 32.5 Å². The lowest BCUT2D eigenvalue weighted by Crippen LogP contribution is -2.12. The minimum Gasteiger partial charge on any atom is -0.419 e. The largest absolute Gasteiger partial charge is 0.419 e. The second-order valence-electron chi connectivity index (χ2n) is 3.89. The lowest BCUT2D eigenvalue weighted by Gasteiger charge is -2.03. The number of nitrogens with one attached hydrogen (secondary N) is 1. The fraction of sp³-hybridized carbons (Fsp3) is 0.333. The number of rotatable bonds is 3. The minimum atomic E-state index is 0.0276. The first-order valence-electron chi connectivity index (χ1n) is 5.39. The van der Waals surface area contributed by atoms with Crippen molar-refractivity contribution in [2.75, 3.05) is 7.05 Å². The van der Waals surface area contributed by atoms with E-state index in [4.69, 9.17) is 16.0 Å². The van der Waals surface area contributed by atoms with Crippen molar-refractivity contribution in [1.82, 2.24) is 15.5 Å². The van der Waals surface area contributed by atoms with Crippen LogP contribution >= 0.6 is 11.6 Å². The topological polar surface area (TPSA) is 51.0 Å². The normalized spacial score (nSPS) is 12.7. The van der Waals surface area contributed by atoms with Crippen molar-refractivity contribution < 1.29 is 4.42 Å². The first kappa shape index (κ1) is 12.1. The van der Waals surface area contributed by atoms with E-state index in [-0.39, 0.29) is 6.04 Å². The Hall–Kier alpha value is -1.39. The zero-order valence-corrected chi connectivity index (χ0v) is 10.7. The van der Waals surface area contributed by atoms with Gasteiger partial charge in [-0.2, -0.15) is 0 Å². The number of hydrogen-bond donors (Lipinski definition) is 1. The van der Waals surface area contributed by atoms with E-state index in [1.54, 1.807) is 0 Å². The number of nitrogens with zero attached hydrogens (tertiary/aromatic N) is 2. The highest BCUT2D eigenvalue weighted by Crippen LogP contribution is 2.29. The van der Waals surface area contributed by atoms with Gasteiger partial charge in [0.2, 0.25) is 11.8 Å². The molecule has 1 atom stereocenters. The van der Waals surface area contributed by atoms with Crippen LogP contribution in [-0.2, 0) is 0 Å². The fourth-order valence-corrected chi connectivity index (χ4v) is 1.66. The summed E-state index contributed by atoms with van der Waals surface area (Å²) in [5.41, 5.74) is 1.76. The molecule has 0 radical (unpaired) electrons. The molecule has 1 heterocycles. The third kappa shape index (κ3) is 2.33. The molecule has 0 aliphatic rings. The maximum atomic E-state index is 6.21. The van der Waals surface area contributed by atoms with Crippen molar-refractivity contribution in [3.8, 4) is 11.5 Å². The van der Waals surface area contributed by atoms with E-state index in [0.29, 0.717) is 16.8 Å². The highest BCUT2D eigenvalue weighted by atomic mass is 35.5. The van der Waals surface area contributed by atoms with Gasteiger partial charge in [-0.1, -0.05) is 23.7 Å². The molecule has 0 saturated heterocycles. The molecule has 17 heavy (non-hydrogen) atoms. The Morgan fingerprint density at radius 1 is 1.35 bits per heavy atom. The van der Waals surface area contributed by atoms with Crippen LogP contribution in [0.1, 0.15) is 24.4 Å². The number of aromatic nitrogens is 2. The smallest absolute Gasteiger partial charge is 0.249 e. The van der Waals surface area contributed by atoms with E-state index in [1.165, 1.54) is 0 Å². The van der Waals surface area contributed by atoms with Crippen molar-refractivity contribution in [2.24, 2.45) is 0 Å². The Bertz CT molecular complexity index is 524. The van der Waals surface area contributed by atoms with E-state index >= 15 is 0 Å². The van der Waals surface area contributed by atoms with Crippen molar-refractivity contribution in [1.29, 1.82) is 0 Å². The Kier molecular flexibility index (Phi) is 3.45. The summed E-state index contributed by atoms with van der Waals surface area (Å²) in [5, 5.41) is 11.7. The maximum Gasteiger partial charge on any atom is 0.249 e. The molecule has 90 valence electrons. The highest BCUT2D eigenvalue weighted by molar-refractivity contribution is 6.33. The Morgan fingerprint density at radius 3 is 2.82 bits per heavy atom. The molecule has 0 bridgehead atoms. The summed E-state index contributed by atoms with van der Waals surface area (Å²) in [4.78, 5) is 0. The molecule has 5 heteroatoms. The molecule has 1 aromatic carbocycles. The SMILES string of the molecule is CNC(C)c1nnc(-c2cccc(C)c2Cl)o1. The zero-order valence-electron chi connectivity index (χ0n) is 9.99. The number of hydrogen-bond acceptors (Lipinski definition) is 4. The maximum absolute atomic E-state index is 6.21. The van der Waals surface area contributed by atoms with Gasteiger partial charge in [0, 0.05) is 0 Å². The monoisotopic (exact) mass is 251 g/mol. The van der Waals surface area contributed by atoms with Crippen molar-refractivity contribution in [3.63, 3.8) is 0 Å². The van der Waals surface area contributed by atoms with Crippen molar-refractivity contribution in [2.45, 2.75) is 19.9 Å². The van der Waals surface area contributed by atoms with Crippen LogP contribution < -0.4 is 5.32 Å². The van der Waals surface area contributed by atoms with Crippen LogP contribution in [-0.4, -0.2) is 17.2 Å². The predicted molar refractivity (Wildman–Crippen MR) is 67.0 cm³/mol. The summed E-state index contributed by atoms with van der Waals surface area (Å²) in [7, 11) is 1.84.